The molecule has 3 rings (SSSR count). The Hall–Kier alpha value is -2.17. The maximum Gasteiger partial charge on any atom is 0.231 e. The van der Waals surface area contributed by atoms with E-state index in [0.717, 1.165) is 0 Å². The number of hydrogen-bond donors (Lipinski definition) is 1. The number of rotatable bonds is 3. The van der Waals surface area contributed by atoms with Crippen LogP contribution in [0.3, 0.4) is 0 Å². The number of halogens is 2. The van der Waals surface area contributed by atoms with Gasteiger partial charge in [0.05, 0.1) is 30.3 Å². The van der Waals surface area contributed by atoms with Gasteiger partial charge in [0.15, 0.2) is 0 Å². The van der Waals surface area contributed by atoms with Crippen molar-refractivity contribution >= 4 is 28.2 Å². The molecule has 0 saturated heterocycles. The average Bonchev–Trinajstić information content (AvgIpc) is 2.68. The van der Waals surface area contributed by atoms with Gasteiger partial charge in [-0.2, -0.15) is 0 Å². The van der Waals surface area contributed by atoms with Crippen molar-refractivity contribution in [1.82, 2.24) is 0 Å². The number of benzene rings is 2. The first-order chi connectivity index (χ1) is 11.5. The number of nitrogens with zero attached hydrogens (tertiary/aromatic N) is 1. The van der Waals surface area contributed by atoms with E-state index in [1.165, 1.54) is 6.07 Å². The quantitative estimate of drug-likeness (QED) is 0.913. The minimum absolute atomic E-state index is 0.0400. The van der Waals surface area contributed by atoms with Crippen molar-refractivity contribution in [2.45, 2.75) is 19.9 Å². The number of carbonyl (C=O) groups excluding carboxylic acids is 1. The van der Waals surface area contributed by atoms with Crippen molar-refractivity contribution in [3.8, 4) is 0 Å². The summed E-state index contributed by atoms with van der Waals surface area (Å²) >= 11 is 6.38. The summed E-state index contributed by atoms with van der Waals surface area (Å²) in [7, 11) is 0. The molecule has 2 aromatic rings. The summed E-state index contributed by atoms with van der Waals surface area (Å²) in [5.41, 5.74) is 3.11. The van der Waals surface area contributed by atoms with E-state index in [1.54, 1.807) is 30.0 Å². The van der Waals surface area contributed by atoms with E-state index in [2.05, 4.69) is 0 Å². The molecular weight excluding hydrogens is 329 g/mol. The molecule has 0 fully saturated rings. The predicted molar refractivity (Wildman–Crippen MR) is 93.2 cm³/mol. The second-order valence-corrected chi connectivity index (χ2v) is 6.21. The zero-order valence-corrected chi connectivity index (χ0v) is 14.0. The van der Waals surface area contributed by atoms with Crippen molar-refractivity contribution in [1.29, 1.82) is 0 Å². The molecular formula is C19H17ClFNO2. The Labute approximate surface area is 145 Å². The van der Waals surface area contributed by atoms with Gasteiger partial charge in [0.25, 0.3) is 0 Å². The van der Waals surface area contributed by atoms with Crippen molar-refractivity contribution < 1.29 is 14.3 Å². The van der Waals surface area contributed by atoms with Gasteiger partial charge in [-0.25, -0.2) is 4.39 Å². The van der Waals surface area contributed by atoms with Crippen LogP contribution in [0, 0.1) is 12.7 Å². The summed E-state index contributed by atoms with van der Waals surface area (Å²) in [6.45, 7) is 1.67. The van der Waals surface area contributed by atoms with Crippen LogP contribution in [0.5, 0.6) is 0 Å². The summed E-state index contributed by atoms with van der Waals surface area (Å²) in [6, 6.07) is 12.2. The highest BCUT2D eigenvalue weighted by Gasteiger charge is 2.26. The van der Waals surface area contributed by atoms with E-state index in [0.29, 0.717) is 33.0 Å². The second kappa shape index (κ2) is 6.75. The lowest BCUT2D eigenvalue weighted by Gasteiger charge is -2.23. The molecule has 24 heavy (non-hydrogen) atoms. The molecule has 0 bridgehead atoms. The summed E-state index contributed by atoms with van der Waals surface area (Å²) in [5.74, 6) is -0.474. The molecule has 0 radical (unpaired) electrons. The van der Waals surface area contributed by atoms with Crippen molar-refractivity contribution in [2.75, 3.05) is 11.5 Å². The smallest absolute Gasteiger partial charge is 0.231 e. The summed E-state index contributed by atoms with van der Waals surface area (Å²) in [5, 5.41) is 9.91. The van der Waals surface area contributed by atoms with Gasteiger partial charge in [0.1, 0.15) is 5.82 Å². The van der Waals surface area contributed by atoms with E-state index in [4.69, 9.17) is 11.6 Å². The first-order valence-electron chi connectivity index (χ1n) is 7.64. The van der Waals surface area contributed by atoms with E-state index in [1.807, 2.05) is 18.2 Å². The van der Waals surface area contributed by atoms with Crippen LogP contribution in [0.25, 0.3) is 5.03 Å². The SMILES string of the molecule is Cc1ccc(CN2C(=O)CC(CO)=C(Cl)c3ccccc32)cc1F. The Morgan fingerprint density at radius 3 is 2.71 bits per heavy atom. The number of hydrogen-bond acceptors (Lipinski definition) is 2. The van der Waals surface area contributed by atoms with Crippen LogP contribution in [-0.4, -0.2) is 17.6 Å². The van der Waals surface area contributed by atoms with Crippen molar-refractivity contribution in [3.63, 3.8) is 0 Å². The largest absolute Gasteiger partial charge is 0.392 e. The van der Waals surface area contributed by atoms with Crippen LogP contribution >= 0.6 is 11.6 Å². The minimum atomic E-state index is -0.296. The normalized spacial score (nSPS) is 14.7. The third-order valence-corrected chi connectivity index (χ3v) is 4.65. The van der Waals surface area contributed by atoms with E-state index >= 15 is 0 Å². The van der Waals surface area contributed by atoms with Crippen LogP contribution in [0.1, 0.15) is 23.1 Å². The Kier molecular flexibility index (Phi) is 4.69. The van der Waals surface area contributed by atoms with Gasteiger partial charge in [-0.05, 0) is 35.8 Å². The number of aliphatic hydroxyl groups is 1. The van der Waals surface area contributed by atoms with Crippen LogP contribution in [0.15, 0.2) is 48.0 Å². The predicted octanol–water partition coefficient (Wildman–Crippen LogP) is 4.01. The first-order valence-corrected chi connectivity index (χ1v) is 8.02. The number of aliphatic hydroxyl groups excluding tert-OH is 1. The molecule has 1 aliphatic heterocycles. The molecule has 1 N–H and O–H groups in total. The third-order valence-electron chi connectivity index (χ3n) is 4.18. The first kappa shape index (κ1) is 16.7. The van der Waals surface area contributed by atoms with Crippen LogP contribution in [-0.2, 0) is 11.3 Å². The van der Waals surface area contributed by atoms with Crippen LogP contribution in [0.4, 0.5) is 10.1 Å². The fraction of sp³-hybridized carbons (Fsp3) is 0.211. The molecule has 0 atom stereocenters. The maximum absolute atomic E-state index is 13.8. The van der Waals surface area contributed by atoms with Gasteiger partial charge >= 0.3 is 0 Å². The lowest BCUT2D eigenvalue weighted by molar-refractivity contribution is -0.118. The number of anilines is 1. The number of fused-ring (bicyclic) bond motifs is 1. The monoisotopic (exact) mass is 345 g/mol. The molecule has 124 valence electrons. The lowest BCUT2D eigenvalue weighted by Crippen LogP contribution is -2.30. The molecule has 5 heteroatoms. The molecule has 2 aromatic carbocycles. The highest BCUT2D eigenvalue weighted by Crippen LogP contribution is 2.37. The van der Waals surface area contributed by atoms with Crippen LogP contribution < -0.4 is 4.90 Å². The van der Waals surface area contributed by atoms with Crippen LogP contribution in [0.2, 0.25) is 0 Å². The number of carbonyl (C=O) groups is 1. The molecule has 1 aliphatic rings. The van der Waals surface area contributed by atoms with Crippen molar-refractivity contribution in [3.05, 3.63) is 70.5 Å². The number of aryl methyl sites for hydroxylation is 1. The summed E-state index contributed by atoms with van der Waals surface area (Å²) in [6.07, 6.45) is 0.0400. The Balaban J connectivity index is 2.04. The van der Waals surface area contributed by atoms with Gasteiger partial charge in [-0.1, -0.05) is 41.9 Å². The highest BCUT2D eigenvalue weighted by molar-refractivity contribution is 6.50. The molecule has 0 aliphatic carbocycles. The number of para-hydroxylation sites is 1. The zero-order chi connectivity index (χ0) is 17.3. The van der Waals surface area contributed by atoms with E-state index in [9.17, 15) is 14.3 Å². The fourth-order valence-electron chi connectivity index (χ4n) is 2.79. The summed E-state index contributed by atoms with van der Waals surface area (Å²) < 4.78 is 13.8. The Morgan fingerprint density at radius 1 is 1.25 bits per heavy atom. The second-order valence-electron chi connectivity index (χ2n) is 5.83. The van der Waals surface area contributed by atoms with E-state index in [-0.39, 0.29) is 31.3 Å². The van der Waals surface area contributed by atoms with Gasteiger partial charge in [0, 0.05) is 5.56 Å². The molecule has 1 heterocycles. The molecule has 3 nitrogen and oxygen atoms in total. The standard InChI is InChI=1S/C19H17ClFNO2/c1-12-6-7-13(8-16(12)21)10-22-17-5-3-2-4-15(17)19(20)14(11-23)9-18(22)24/h2-8,23H,9-11H2,1H3. The molecule has 0 aromatic heterocycles. The van der Waals surface area contributed by atoms with Crippen molar-refractivity contribution in [2.24, 2.45) is 0 Å². The Bertz CT molecular complexity index is 832. The molecule has 1 amide bonds. The minimum Gasteiger partial charge on any atom is -0.392 e. The Morgan fingerprint density at radius 2 is 2.00 bits per heavy atom. The molecule has 0 spiro atoms. The van der Waals surface area contributed by atoms with E-state index < -0.39 is 0 Å². The molecule has 0 unspecified atom stereocenters. The maximum atomic E-state index is 13.8. The highest BCUT2D eigenvalue weighted by atomic mass is 35.5. The van der Waals surface area contributed by atoms with Gasteiger partial charge in [0.2, 0.25) is 5.91 Å². The third kappa shape index (κ3) is 3.07. The number of amides is 1. The summed E-state index contributed by atoms with van der Waals surface area (Å²) in [4.78, 5) is 14.3. The zero-order valence-electron chi connectivity index (χ0n) is 13.2. The molecule has 0 saturated carbocycles. The van der Waals surface area contributed by atoms with Gasteiger partial charge < -0.3 is 10.0 Å². The lowest BCUT2D eigenvalue weighted by atomic mass is 10.1. The topological polar surface area (TPSA) is 40.5 Å². The fourth-order valence-corrected chi connectivity index (χ4v) is 3.08. The average molecular weight is 346 g/mol. The van der Waals surface area contributed by atoms with Gasteiger partial charge in [-0.3, -0.25) is 4.79 Å². The van der Waals surface area contributed by atoms with Gasteiger partial charge in [-0.15, -0.1) is 0 Å².